The summed E-state index contributed by atoms with van der Waals surface area (Å²) < 4.78 is 2.46. The van der Waals surface area contributed by atoms with Gasteiger partial charge in [0.2, 0.25) is 0 Å². The molecule has 2 aliphatic carbocycles. The van der Waals surface area contributed by atoms with E-state index < -0.39 is 0 Å². The van der Waals surface area contributed by atoms with Crippen LogP contribution >= 0.6 is 0 Å². The number of hydrogen-bond acceptors (Lipinski definition) is 1. The molecule has 0 N–H and O–H groups in total. The van der Waals surface area contributed by atoms with Gasteiger partial charge in [-0.1, -0.05) is 103 Å². The monoisotopic (exact) mass is 578 g/mol. The van der Waals surface area contributed by atoms with Crippen LogP contribution in [-0.2, 0) is 0 Å². The quantitative estimate of drug-likeness (QED) is 0.202. The summed E-state index contributed by atoms with van der Waals surface area (Å²) in [5, 5.41) is 2.56. The lowest BCUT2D eigenvalue weighted by Gasteiger charge is -2.29. The van der Waals surface area contributed by atoms with Crippen LogP contribution in [0.15, 0.2) is 156 Å². The van der Waals surface area contributed by atoms with Crippen LogP contribution in [0.3, 0.4) is 0 Å². The molecule has 1 aromatic heterocycles. The summed E-state index contributed by atoms with van der Waals surface area (Å²) >= 11 is 0. The first kappa shape index (κ1) is 26.1. The first-order valence-corrected chi connectivity index (χ1v) is 16.2. The van der Waals surface area contributed by atoms with E-state index in [1.807, 2.05) is 0 Å². The Morgan fingerprint density at radius 3 is 2.07 bits per heavy atom. The van der Waals surface area contributed by atoms with Gasteiger partial charge in [0, 0.05) is 27.8 Å². The van der Waals surface area contributed by atoms with E-state index in [4.69, 9.17) is 0 Å². The van der Waals surface area contributed by atoms with Crippen LogP contribution in [0, 0.1) is 0 Å². The van der Waals surface area contributed by atoms with Gasteiger partial charge in [0.05, 0.1) is 16.7 Å². The lowest BCUT2D eigenvalue weighted by Crippen LogP contribution is -2.18. The van der Waals surface area contributed by atoms with Crippen molar-refractivity contribution >= 4 is 44.8 Å². The lowest BCUT2D eigenvalue weighted by atomic mass is 9.82. The van der Waals surface area contributed by atoms with Crippen molar-refractivity contribution in [2.24, 2.45) is 0 Å². The molecule has 216 valence electrons. The molecule has 45 heavy (non-hydrogen) atoms. The molecule has 0 atom stereocenters. The largest absolute Gasteiger partial charge is 0.310 e. The predicted molar refractivity (Wildman–Crippen MR) is 190 cm³/mol. The predicted octanol–water partition coefficient (Wildman–Crippen LogP) is 11.5. The SMILES string of the molecule is C1=CC2=C(C=Cc3cc4c5ccccc5n(-c5ccc(C(=C6CCC6)c6ccccc6)cc5)c4cc3N2c2ccccc2)CC1. The van der Waals surface area contributed by atoms with Crippen molar-refractivity contribution in [1.29, 1.82) is 0 Å². The van der Waals surface area contributed by atoms with Gasteiger partial charge < -0.3 is 9.47 Å². The molecule has 1 saturated carbocycles. The Bertz CT molecular complexity index is 2200. The molecule has 0 radical (unpaired) electrons. The van der Waals surface area contributed by atoms with Crippen LogP contribution in [0.5, 0.6) is 0 Å². The van der Waals surface area contributed by atoms with Crippen molar-refractivity contribution in [3.8, 4) is 5.69 Å². The topological polar surface area (TPSA) is 8.17 Å². The normalized spacial score (nSPS) is 15.6. The molecule has 0 amide bonds. The third-order valence-electron chi connectivity index (χ3n) is 9.75. The second-order valence-corrected chi connectivity index (χ2v) is 12.4. The third-order valence-corrected chi connectivity index (χ3v) is 9.75. The first-order valence-electron chi connectivity index (χ1n) is 16.2. The molecule has 1 fully saturated rings. The average molecular weight is 579 g/mol. The number of rotatable bonds is 4. The molecule has 0 spiro atoms. The van der Waals surface area contributed by atoms with E-state index in [1.54, 1.807) is 5.57 Å². The van der Waals surface area contributed by atoms with Crippen LogP contribution in [0.25, 0.3) is 39.1 Å². The van der Waals surface area contributed by atoms with Gasteiger partial charge >= 0.3 is 0 Å². The Morgan fingerprint density at radius 1 is 0.556 bits per heavy atom. The molecule has 0 saturated heterocycles. The van der Waals surface area contributed by atoms with Gasteiger partial charge in [-0.15, -0.1) is 0 Å². The highest BCUT2D eigenvalue weighted by Gasteiger charge is 2.25. The van der Waals surface area contributed by atoms with Gasteiger partial charge in [0.1, 0.15) is 0 Å². The zero-order valence-corrected chi connectivity index (χ0v) is 25.3. The van der Waals surface area contributed by atoms with Gasteiger partial charge in [0.15, 0.2) is 0 Å². The Kier molecular flexibility index (Phi) is 6.19. The molecule has 6 aromatic rings. The van der Waals surface area contributed by atoms with Crippen molar-refractivity contribution in [2.45, 2.75) is 32.1 Å². The van der Waals surface area contributed by atoms with Crippen molar-refractivity contribution in [2.75, 3.05) is 4.90 Å². The van der Waals surface area contributed by atoms with Crippen LogP contribution in [0.2, 0.25) is 0 Å². The number of aromatic nitrogens is 1. The minimum atomic E-state index is 1.06. The molecule has 2 heterocycles. The molecule has 3 aliphatic rings. The Labute approximate surface area is 264 Å². The number of benzene rings is 5. The van der Waals surface area contributed by atoms with Gasteiger partial charge in [-0.3, -0.25) is 0 Å². The summed E-state index contributed by atoms with van der Waals surface area (Å²) in [6.07, 6.45) is 15.1. The summed E-state index contributed by atoms with van der Waals surface area (Å²) in [6, 6.07) is 44.7. The second kappa shape index (κ2) is 10.7. The number of nitrogens with zero attached hydrogens (tertiary/aromatic N) is 2. The zero-order chi connectivity index (χ0) is 29.7. The fourth-order valence-electron chi connectivity index (χ4n) is 7.42. The van der Waals surface area contributed by atoms with Crippen molar-refractivity contribution in [3.05, 3.63) is 173 Å². The summed E-state index contributed by atoms with van der Waals surface area (Å²) in [5.74, 6) is 0. The summed E-state index contributed by atoms with van der Waals surface area (Å²) in [4.78, 5) is 2.46. The van der Waals surface area contributed by atoms with E-state index in [2.05, 4.69) is 155 Å². The molecule has 9 rings (SSSR count). The molecular weight excluding hydrogens is 544 g/mol. The van der Waals surface area contributed by atoms with Crippen LogP contribution in [0.4, 0.5) is 11.4 Å². The van der Waals surface area contributed by atoms with E-state index in [0.717, 1.165) is 12.8 Å². The molecule has 0 bridgehead atoms. The molecule has 0 unspecified atom stereocenters. The van der Waals surface area contributed by atoms with Crippen LogP contribution in [-0.4, -0.2) is 4.57 Å². The van der Waals surface area contributed by atoms with Crippen molar-refractivity contribution < 1.29 is 0 Å². The molecular formula is C43H34N2. The molecule has 1 aliphatic heterocycles. The van der Waals surface area contributed by atoms with E-state index in [1.165, 1.54) is 91.7 Å². The van der Waals surface area contributed by atoms with Gasteiger partial charge in [-0.05, 0) is 108 Å². The zero-order valence-electron chi connectivity index (χ0n) is 25.3. The highest BCUT2D eigenvalue weighted by atomic mass is 15.2. The Hall–Kier alpha value is -5.34. The van der Waals surface area contributed by atoms with Gasteiger partial charge in [0.25, 0.3) is 0 Å². The minimum absolute atomic E-state index is 1.06. The third kappa shape index (κ3) is 4.32. The minimum Gasteiger partial charge on any atom is -0.310 e. The first-order chi connectivity index (χ1) is 22.3. The van der Waals surface area contributed by atoms with Gasteiger partial charge in [-0.25, -0.2) is 0 Å². The molecule has 5 aromatic carbocycles. The standard InChI is InChI=1S/C43H34N2/c1-3-13-31(14-4-1)43(32-15-11-16-32)33-24-26-36(27-25-33)45-40-21-10-8-19-37(40)38-28-34-23-22-30-12-7-9-20-39(30)44(41(34)29-42(38)45)35-17-5-2-6-18-35/h1-6,8-10,13-14,17-29H,7,11-12,15-16H2. The molecule has 2 nitrogen and oxygen atoms in total. The maximum Gasteiger partial charge on any atom is 0.0562 e. The second-order valence-electron chi connectivity index (χ2n) is 12.4. The smallest absolute Gasteiger partial charge is 0.0562 e. The lowest BCUT2D eigenvalue weighted by molar-refractivity contribution is 0.666. The maximum atomic E-state index is 2.46. The van der Waals surface area contributed by atoms with E-state index in [0.29, 0.717) is 0 Å². The van der Waals surface area contributed by atoms with Crippen LogP contribution < -0.4 is 4.90 Å². The fourth-order valence-corrected chi connectivity index (χ4v) is 7.42. The fraction of sp³-hybridized carbons (Fsp3) is 0.116. The average Bonchev–Trinajstić information content (AvgIpc) is 3.30. The van der Waals surface area contributed by atoms with Crippen molar-refractivity contribution in [1.82, 2.24) is 4.57 Å². The maximum absolute atomic E-state index is 2.46. The highest BCUT2D eigenvalue weighted by molar-refractivity contribution is 6.11. The van der Waals surface area contributed by atoms with E-state index in [-0.39, 0.29) is 0 Å². The van der Waals surface area contributed by atoms with Crippen molar-refractivity contribution in [3.63, 3.8) is 0 Å². The van der Waals surface area contributed by atoms with E-state index in [9.17, 15) is 0 Å². The van der Waals surface area contributed by atoms with Gasteiger partial charge in [-0.2, -0.15) is 0 Å². The number of fused-ring (bicyclic) bond motifs is 4. The molecule has 2 heteroatoms. The summed E-state index contributed by atoms with van der Waals surface area (Å²) in [7, 11) is 0. The Balaban J connectivity index is 1.25. The number of anilines is 2. The summed E-state index contributed by atoms with van der Waals surface area (Å²) in [6.45, 7) is 0. The van der Waals surface area contributed by atoms with Crippen LogP contribution in [0.1, 0.15) is 48.8 Å². The summed E-state index contributed by atoms with van der Waals surface area (Å²) in [5.41, 5.74) is 15.5. The van der Waals surface area contributed by atoms with E-state index >= 15 is 0 Å². The highest BCUT2D eigenvalue weighted by Crippen LogP contribution is 2.44. The Morgan fingerprint density at radius 2 is 1.29 bits per heavy atom. The number of allylic oxidation sites excluding steroid dienone is 5. The number of para-hydroxylation sites is 2. The number of hydrogen-bond donors (Lipinski definition) is 0.